The van der Waals surface area contributed by atoms with Crippen LogP contribution < -0.4 is 11.1 Å². The number of hydrogen-bond acceptors (Lipinski definition) is 5. The van der Waals surface area contributed by atoms with Crippen molar-refractivity contribution >= 4 is 29.2 Å². The molecule has 0 aliphatic heterocycles. The zero-order valence-electron chi connectivity index (χ0n) is 14.3. The summed E-state index contributed by atoms with van der Waals surface area (Å²) in [5.74, 6) is -0.835. The Morgan fingerprint density at radius 3 is 2.58 bits per heavy atom. The Labute approximate surface area is 146 Å². The molecule has 2 unspecified atom stereocenters. The second kappa shape index (κ2) is 6.70. The van der Waals surface area contributed by atoms with Gasteiger partial charge in [0.1, 0.15) is 5.54 Å². The molecule has 0 radical (unpaired) electrons. The molecule has 1 aliphatic rings. The van der Waals surface area contributed by atoms with Crippen molar-refractivity contribution in [3.63, 3.8) is 0 Å². The van der Waals surface area contributed by atoms with Crippen LogP contribution in [0.25, 0.3) is 0 Å². The van der Waals surface area contributed by atoms with Crippen molar-refractivity contribution in [3.8, 4) is 0 Å². The Hall–Kier alpha value is -1.63. The first-order valence-corrected chi connectivity index (χ1v) is 8.15. The minimum Gasteiger partial charge on any atom is -0.465 e. The van der Waals surface area contributed by atoms with Gasteiger partial charge in [0, 0.05) is 24.1 Å². The van der Waals surface area contributed by atoms with E-state index in [0.717, 1.165) is 0 Å². The summed E-state index contributed by atoms with van der Waals surface area (Å²) in [5, 5.41) is 2.97. The van der Waals surface area contributed by atoms with Gasteiger partial charge in [0.25, 0.3) is 0 Å². The normalized spacial score (nSPS) is 24.8. The van der Waals surface area contributed by atoms with Crippen LogP contribution in [-0.4, -0.2) is 37.2 Å². The fraction of sp³-hybridized carbons (Fsp3) is 0.529. The molecule has 1 saturated carbocycles. The van der Waals surface area contributed by atoms with Crippen LogP contribution in [0.2, 0.25) is 5.02 Å². The number of ether oxygens (including phenoxy) is 2. The van der Waals surface area contributed by atoms with Crippen molar-refractivity contribution in [2.24, 2.45) is 11.1 Å². The Morgan fingerprint density at radius 1 is 1.42 bits per heavy atom. The van der Waals surface area contributed by atoms with Gasteiger partial charge in [0.15, 0.2) is 0 Å². The summed E-state index contributed by atoms with van der Waals surface area (Å²) in [6, 6.07) is 4.59. The number of hydrogen-bond donors (Lipinski definition) is 2. The lowest BCUT2D eigenvalue weighted by Crippen LogP contribution is -2.74. The molecule has 0 saturated heterocycles. The second-order valence-corrected chi connectivity index (χ2v) is 6.89. The number of anilines is 1. The molecule has 1 fully saturated rings. The summed E-state index contributed by atoms with van der Waals surface area (Å²) in [4.78, 5) is 24.2. The zero-order chi connectivity index (χ0) is 18.1. The lowest BCUT2D eigenvalue weighted by Gasteiger charge is -2.57. The SMILES string of the molecule is CCOC1CC(N)(C(=O)Nc2ccc(C(=O)OC)c(Cl)c2)C1(C)C. The van der Waals surface area contributed by atoms with Crippen LogP contribution in [0.15, 0.2) is 18.2 Å². The van der Waals surface area contributed by atoms with Crippen LogP contribution in [0.1, 0.15) is 37.6 Å². The van der Waals surface area contributed by atoms with Crippen molar-refractivity contribution in [2.45, 2.75) is 38.8 Å². The number of rotatable bonds is 5. The Morgan fingerprint density at radius 2 is 2.08 bits per heavy atom. The average Bonchev–Trinajstić information content (AvgIpc) is 2.53. The number of nitrogens with two attached hydrogens (primary N) is 1. The fourth-order valence-electron chi connectivity index (χ4n) is 2.93. The topological polar surface area (TPSA) is 90.6 Å². The van der Waals surface area contributed by atoms with Crippen LogP contribution in [-0.2, 0) is 14.3 Å². The van der Waals surface area contributed by atoms with Gasteiger partial charge in [-0.3, -0.25) is 4.79 Å². The number of methoxy groups -OCH3 is 1. The number of esters is 1. The zero-order valence-corrected chi connectivity index (χ0v) is 15.1. The van der Waals surface area contributed by atoms with E-state index in [2.05, 4.69) is 10.1 Å². The van der Waals surface area contributed by atoms with E-state index in [0.29, 0.717) is 18.7 Å². The molecule has 1 aromatic rings. The Kier molecular flexibility index (Phi) is 5.22. The van der Waals surface area contributed by atoms with Gasteiger partial charge in [-0.15, -0.1) is 0 Å². The van der Waals surface area contributed by atoms with Gasteiger partial charge in [-0.25, -0.2) is 4.79 Å². The van der Waals surface area contributed by atoms with E-state index in [-0.39, 0.29) is 22.6 Å². The van der Waals surface area contributed by atoms with Gasteiger partial charge >= 0.3 is 5.97 Å². The van der Waals surface area contributed by atoms with Gasteiger partial charge in [-0.1, -0.05) is 25.4 Å². The Balaban J connectivity index is 2.13. The standard InChI is InChI=1S/C17H23ClN2O4/c1-5-24-13-9-17(19,16(13,2)3)15(22)20-10-6-7-11(12(18)8-10)14(21)23-4/h6-8,13H,5,9,19H2,1-4H3,(H,20,22). The molecular formula is C17H23ClN2O4. The monoisotopic (exact) mass is 354 g/mol. The summed E-state index contributed by atoms with van der Waals surface area (Å²) < 4.78 is 10.3. The molecule has 3 N–H and O–H groups in total. The van der Waals surface area contributed by atoms with Crippen molar-refractivity contribution < 1.29 is 19.1 Å². The summed E-state index contributed by atoms with van der Waals surface area (Å²) in [7, 11) is 1.28. The molecule has 6 nitrogen and oxygen atoms in total. The van der Waals surface area contributed by atoms with Crippen LogP contribution >= 0.6 is 11.6 Å². The first kappa shape index (κ1) is 18.7. The van der Waals surface area contributed by atoms with E-state index in [1.807, 2.05) is 20.8 Å². The maximum atomic E-state index is 12.6. The molecule has 24 heavy (non-hydrogen) atoms. The summed E-state index contributed by atoms with van der Waals surface area (Å²) >= 11 is 6.07. The number of halogens is 1. The minimum atomic E-state index is -1.03. The third-order valence-electron chi connectivity index (χ3n) is 4.87. The van der Waals surface area contributed by atoms with Gasteiger partial charge < -0.3 is 20.5 Å². The van der Waals surface area contributed by atoms with E-state index in [1.165, 1.54) is 19.2 Å². The lowest BCUT2D eigenvalue weighted by molar-refractivity contribution is -0.166. The summed E-state index contributed by atoms with van der Waals surface area (Å²) in [5.41, 5.74) is 5.53. The molecule has 0 aromatic heterocycles. The minimum absolute atomic E-state index is 0.0523. The van der Waals surface area contributed by atoms with Crippen LogP contribution in [0.5, 0.6) is 0 Å². The third-order valence-corrected chi connectivity index (χ3v) is 5.18. The molecule has 0 bridgehead atoms. The summed E-state index contributed by atoms with van der Waals surface area (Å²) in [6.45, 7) is 6.33. The van der Waals surface area contributed by atoms with Gasteiger partial charge in [0.05, 0.1) is 23.8 Å². The highest BCUT2D eigenvalue weighted by molar-refractivity contribution is 6.34. The number of carbonyl (C=O) groups excluding carboxylic acids is 2. The molecule has 2 atom stereocenters. The average molecular weight is 355 g/mol. The summed E-state index contributed by atoms with van der Waals surface area (Å²) in [6.07, 6.45) is 0.400. The molecule has 7 heteroatoms. The molecular weight excluding hydrogens is 332 g/mol. The van der Waals surface area contributed by atoms with Crippen molar-refractivity contribution in [1.82, 2.24) is 0 Å². The molecule has 2 rings (SSSR count). The molecule has 1 aliphatic carbocycles. The predicted octanol–water partition coefficient (Wildman–Crippen LogP) is 2.60. The van der Waals surface area contributed by atoms with Crippen molar-refractivity contribution in [1.29, 1.82) is 0 Å². The quantitative estimate of drug-likeness (QED) is 0.793. The molecule has 132 valence electrons. The van der Waals surface area contributed by atoms with Crippen LogP contribution in [0.4, 0.5) is 5.69 Å². The highest BCUT2D eigenvalue weighted by atomic mass is 35.5. The maximum absolute atomic E-state index is 12.6. The highest BCUT2D eigenvalue weighted by Crippen LogP contribution is 2.50. The van der Waals surface area contributed by atoms with Crippen molar-refractivity contribution in [2.75, 3.05) is 19.0 Å². The Bertz CT molecular complexity index is 662. The van der Waals surface area contributed by atoms with Gasteiger partial charge in [-0.2, -0.15) is 0 Å². The van der Waals surface area contributed by atoms with Crippen LogP contribution in [0, 0.1) is 5.41 Å². The number of benzene rings is 1. The predicted molar refractivity (Wildman–Crippen MR) is 92.2 cm³/mol. The third kappa shape index (κ3) is 3.01. The highest BCUT2D eigenvalue weighted by Gasteiger charge is 2.62. The molecule has 0 heterocycles. The largest absolute Gasteiger partial charge is 0.465 e. The second-order valence-electron chi connectivity index (χ2n) is 6.48. The smallest absolute Gasteiger partial charge is 0.339 e. The van der Waals surface area contributed by atoms with E-state index >= 15 is 0 Å². The van der Waals surface area contributed by atoms with E-state index in [1.54, 1.807) is 6.07 Å². The molecule has 1 aromatic carbocycles. The number of carbonyl (C=O) groups is 2. The van der Waals surface area contributed by atoms with Crippen LogP contribution in [0.3, 0.4) is 0 Å². The fourth-order valence-corrected chi connectivity index (χ4v) is 3.19. The van der Waals surface area contributed by atoms with E-state index in [9.17, 15) is 9.59 Å². The maximum Gasteiger partial charge on any atom is 0.339 e. The van der Waals surface area contributed by atoms with E-state index < -0.39 is 16.9 Å². The lowest BCUT2D eigenvalue weighted by atomic mass is 9.54. The molecule has 0 spiro atoms. The first-order valence-electron chi connectivity index (χ1n) is 7.77. The molecule has 1 amide bonds. The van der Waals surface area contributed by atoms with E-state index in [4.69, 9.17) is 22.1 Å². The van der Waals surface area contributed by atoms with Crippen molar-refractivity contribution in [3.05, 3.63) is 28.8 Å². The first-order chi connectivity index (χ1) is 11.2. The van der Waals surface area contributed by atoms with Gasteiger partial charge in [-0.05, 0) is 25.1 Å². The number of amides is 1. The van der Waals surface area contributed by atoms with Gasteiger partial charge in [0.2, 0.25) is 5.91 Å². The number of nitrogens with one attached hydrogen (secondary N) is 1.